The summed E-state index contributed by atoms with van der Waals surface area (Å²) in [5, 5.41) is 3.17. The number of carbonyl (C=O) groups is 1. The molecular formula is C24H27N3O3S. The van der Waals surface area contributed by atoms with Crippen LogP contribution in [0.2, 0.25) is 0 Å². The van der Waals surface area contributed by atoms with E-state index < -0.39 is 0 Å². The molecule has 0 atom stereocenters. The lowest BCUT2D eigenvalue weighted by atomic mass is 10.2. The Morgan fingerprint density at radius 3 is 2.58 bits per heavy atom. The number of aromatic nitrogens is 1. The van der Waals surface area contributed by atoms with Crippen LogP contribution >= 0.6 is 11.3 Å². The van der Waals surface area contributed by atoms with E-state index in [1.807, 2.05) is 60.4 Å². The number of rotatable bonds is 7. The fourth-order valence-corrected chi connectivity index (χ4v) is 4.36. The number of benzene rings is 2. The maximum atomic E-state index is 12.5. The van der Waals surface area contributed by atoms with Crippen molar-refractivity contribution in [2.75, 3.05) is 39.9 Å². The van der Waals surface area contributed by atoms with Gasteiger partial charge in [-0.3, -0.25) is 9.69 Å². The Kier molecular flexibility index (Phi) is 6.84. The van der Waals surface area contributed by atoms with Crippen molar-refractivity contribution >= 4 is 17.2 Å². The van der Waals surface area contributed by atoms with Gasteiger partial charge in [0, 0.05) is 37.1 Å². The van der Waals surface area contributed by atoms with Crippen LogP contribution in [0.3, 0.4) is 0 Å². The van der Waals surface area contributed by atoms with Gasteiger partial charge in [0.25, 0.3) is 5.91 Å². The predicted octanol–water partition coefficient (Wildman–Crippen LogP) is 3.85. The van der Waals surface area contributed by atoms with Crippen LogP contribution in [-0.2, 0) is 11.3 Å². The number of nitrogens with zero attached hydrogens (tertiary/aromatic N) is 3. The maximum Gasteiger partial charge on any atom is 0.260 e. The van der Waals surface area contributed by atoms with Crippen molar-refractivity contribution < 1.29 is 14.3 Å². The molecule has 0 aliphatic carbocycles. The van der Waals surface area contributed by atoms with E-state index in [1.165, 1.54) is 5.56 Å². The molecule has 6 nitrogen and oxygen atoms in total. The second-order valence-corrected chi connectivity index (χ2v) is 8.56. The molecule has 0 N–H and O–H groups in total. The smallest absolute Gasteiger partial charge is 0.260 e. The number of amides is 1. The van der Waals surface area contributed by atoms with E-state index in [1.54, 1.807) is 18.4 Å². The van der Waals surface area contributed by atoms with Crippen LogP contribution < -0.4 is 9.47 Å². The predicted molar refractivity (Wildman–Crippen MR) is 123 cm³/mol. The normalized spacial score (nSPS) is 14.5. The summed E-state index contributed by atoms with van der Waals surface area (Å²) in [6.07, 6.45) is 0. The first kappa shape index (κ1) is 21.3. The third kappa shape index (κ3) is 5.62. The standard InChI is InChI=1S/C24H27N3O3S/c1-18-6-8-20(9-7-18)30-16-24(28)27-12-10-26(11-13-27)15-23-25-22(17-31-23)19-4-3-5-21(14-19)29-2/h3-9,14,17H,10-13,15-16H2,1-2H3. The van der Waals surface area contributed by atoms with Crippen molar-refractivity contribution in [2.45, 2.75) is 13.5 Å². The highest BCUT2D eigenvalue weighted by molar-refractivity contribution is 7.09. The summed E-state index contributed by atoms with van der Waals surface area (Å²) < 4.78 is 10.9. The van der Waals surface area contributed by atoms with Crippen molar-refractivity contribution in [3.8, 4) is 22.8 Å². The molecule has 1 fully saturated rings. The van der Waals surface area contributed by atoms with Crippen molar-refractivity contribution in [1.29, 1.82) is 0 Å². The summed E-state index contributed by atoms with van der Waals surface area (Å²) >= 11 is 1.67. The summed E-state index contributed by atoms with van der Waals surface area (Å²) in [6, 6.07) is 15.7. The first-order chi connectivity index (χ1) is 15.1. The lowest BCUT2D eigenvalue weighted by Gasteiger charge is -2.34. The Bertz CT molecular complexity index is 1010. The van der Waals surface area contributed by atoms with E-state index in [0.29, 0.717) is 13.1 Å². The van der Waals surface area contributed by atoms with Crippen molar-refractivity contribution in [3.63, 3.8) is 0 Å². The first-order valence-corrected chi connectivity index (χ1v) is 11.3. The third-order valence-corrected chi connectivity index (χ3v) is 6.22. The van der Waals surface area contributed by atoms with Crippen molar-refractivity contribution in [2.24, 2.45) is 0 Å². The fourth-order valence-electron chi connectivity index (χ4n) is 3.52. The van der Waals surface area contributed by atoms with Gasteiger partial charge in [0.1, 0.15) is 16.5 Å². The van der Waals surface area contributed by atoms with E-state index in [-0.39, 0.29) is 12.5 Å². The number of piperazine rings is 1. The molecule has 0 spiro atoms. The van der Waals surface area contributed by atoms with Gasteiger partial charge >= 0.3 is 0 Å². The molecule has 1 amide bonds. The topological polar surface area (TPSA) is 54.9 Å². The fraction of sp³-hybridized carbons (Fsp3) is 0.333. The highest BCUT2D eigenvalue weighted by Crippen LogP contribution is 2.26. The highest BCUT2D eigenvalue weighted by atomic mass is 32.1. The Hall–Kier alpha value is -2.90. The van der Waals surface area contributed by atoms with Gasteiger partial charge in [-0.25, -0.2) is 4.98 Å². The zero-order valence-corrected chi connectivity index (χ0v) is 18.7. The molecule has 1 saturated heterocycles. The minimum absolute atomic E-state index is 0.0368. The number of hydrogen-bond acceptors (Lipinski definition) is 6. The Labute approximate surface area is 187 Å². The number of ether oxygens (including phenoxy) is 2. The minimum atomic E-state index is 0.0368. The zero-order chi connectivity index (χ0) is 21.6. The van der Waals surface area contributed by atoms with Crippen LogP contribution in [0, 0.1) is 6.92 Å². The minimum Gasteiger partial charge on any atom is -0.497 e. The van der Waals surface area contributed by atoms with Crippen molar-refractivity contribution in [3.05, 3.63) is 64.5 Å². The van der Waals surface area contributed by atoms with E-state index in [2.05, 4.69) is 10.3 Å². The van der Waals surface area contributed by atoms with Crippen LogP contribution in [0.5, 0.6) is 11.5 Å². The summed E-state index contributed by atoms with van der Waals surface area (Å²) in [6.45, 7) is 6.01. The monoisotopic (exact) mass is 437 g/mol. The van der Waals surface area contributed by atoms with Crippen LogP contribution in [0.4, 0.5) is 0 Å². The maximum absolute atomic E-state index is 12.5. The third-order valence-electron chi connectivity index (χ3n) is 5.38. The van der Waals surface area contributed by atoms with Crippen LogP contribution in [0.25, 0.3) is 11.3 Å². The van der Waals surface area contributed by atoms with Gasteiger partial charge in [-0.1, -0.05) is 29.8 Å². The van der Waals surface area contributed by atoms with Gasteiger partial charge in [-0.15, -0.1) is 11.3 Å². The number of thiazole rings is 1. The molecule has 0 radical (unpaired) electrons. The Morgan fingerprint density at radius 2 is 1.84 bits per heavy atom. The molecule has 2 aromatic carbocycles. The quantitative estimate of drug-likeness (QED) is 0.562. The molecule has 162 valence electrons. The van der Waals surface area contributed by atoms with E-state index in [0.717, 1.165) is 47.4 Å². The lowest BCUT2D eigenvalue weighted by Crippen LogP contribution is -2.49. The molecular weight excluding hydrogens is 410 g/mol. The van der Waals surface area contributed by atoms with E-state index >= 15 is 0 Å². The summed E-state index contributed by atoms with van der Waals surface area (Å²) in [4.78, 5) is 21.5. The molecule has 0 unspecified atom stereocenters. The molecule has 1 aromatic heterocycles. The number of aryl methyl sites for hydroxylation is 1. The number of hydrogen-bond donors (Lipinski definition) is 0. The molecule has 4 rings (SSSR count). The van der Waals surface area contributed by atoms with Gasteiger partial charge in [-0.2, -0.15) is 0 Å². The molecule has 3 aromatic rings. The summed E-state index contributed by atoms with van der Waals surface area (Å²) in [5.74, 6) is 1.60. The Balaban J connectivity index is 1.25. The van der Waals surface area contributed by atoms with Gasteiger partial charge in [-0.05, 0) is 31.2 Å². The van der Waals surface area contributed by atoms with E-state index in [9.17, 15) is 4.79 Å². The molecule has 0 saturated carbocycles. The molecule has 7 heteroatoms. The van der Waals surface area contributed by atoms with Crippen molar-refractivity contribution in [1.82, 2.24) is 14.8 Å². The second kappa shape index (κ2) is 9.94. The molecule has 1 aliphatic heterocycles. The average molecular weight is 438 g/mol. The summed E-state index contributed by atoms with van der Waals surface area (Å²) in [5.41, 5.74) is 3.21. The Morgan fingerprint density at radius 1 is 1.06 bits per heavy atom. The van der Waals surface area contributed by atoms with Gasteiger partial charge in [0.15, 0.2) is 6.61 Å². The number of methoxy groups -OCH3 is 1. The SMILES string of the molecule is COc1cccc(-c2csc(CN3CCN(C(=O)COc4ccc(C)cc4)CC3)n2)c1. The molecule has 2 heterocycles. The molecule has 31 heavy (non-hydrogen) atoms. The van der Waals surface area contributed by atoms with E-state index in [4.69, 9.17) is 14.5 Å². The molecule has 1 aliphatic rings. The summed E-state index contributed by atoms with van der Waals surface area (Å²) in [7, 11) is 1.67. The van der Waals surface area contributed by atoms with Gasteiger partial charge < -0.3 is 14.4 Å². The zero-order valence-electron chi connectivity index (χ0n) is 17.9. The van der Waals surface area contributed by atoms with Crippen LogP contribution in [0.15, 0.2) is 53.9 Å². The second-order valence-electron chi connectivity index (χ2n) is 7.62. The largest absolute Gasteiger partial charge is 0.497 e. The highest BCUT2D eigenvalue weighted by Gasteiger charge is 2.22. The number of carbonyl (C=O) groups excluding carboxylic acids is 1. The first-order valence-electron chi connectivity index (χ1n) is 10.4. The van der Waals surface area contributed by atoms with Crippen LogP contribution in [0.1, 0.15) is 10.6 Å². The molecule has 0 bridgehead atoms. The van der Waals surface area contributed by atoms with Gasteiger partial charge in [0.05, 0.1) is 19.3 Å². The van der Waals surface area contributed by atoms with Gasteiger partial charge in [0.2, 0.25) is 0 Å². The lowest BCUT2D eigenvalue weighted by molar-refractivity contribution is -0.135. The average Bonchev–Trinajstić information content (AvgIpc) is 3.27. The van der Waals surface area contributed by atoms with Crippen LogP contribution in [-0.4, -0.2) is 60.6 Å².